The Balaban J connectivity index is 1.47. The van der Waals surface area contributed by atoms with Crippen LogP contribution in [0, 0.1) is 17.8 Å². The lowest BCUT2D eigenvalue weighted by Crippen LogP contribution is -2.60. The van der Waals surface area contributed by atoms with Crippen LogP contribution in [0.3, 0.4) is 0 Å². The van der Waals surface area contributed by atoms with E-state index in [0.29, 0.717) is 5.57 Å². The maximum atomic E-state index is 12.5. The summed E-state index contributed by atoms with van der Waals surface area (Å²) in [5.74, 6) is -2.50. The fourth-order valence-electron chi connectivity index (χ4n) is 4.91. The molecule has 1 unspecified atom stereocenters. The van der Waals surface area contributed by atoms with Gasteiger partial charge in [0.2, 0.25) is 0 Å². The smallest absolute Gasteiger partial charge is 0.315 e. The third kappa shape index (κ3) is 2.92. The van der Waals surface area contributed by atoms with Gasteiger partial charge in [0.1, 0.15) is 43.0 Å². The molecule has 4 saturated heterocycles. The first-order valence-corrected chi connectivity index (χ1v) is 9.52. The molecule has 11 atom stereocenters. The topological polar surface area (TPSA) is 150 Å². The van der Waals surface area contributed by atoms with Gasteiger partial charge in [-0.2, -0.15) is 0 Å². The number of carbonyl (C=O) groups is 2. The van der Waals surface area contributed by atoms with Gasteiger partial charge in [-0.05, 0) is 11.6 Å². The minimum Gasteiger partial charge on any atom is -0.461 e. The predicted molar refractivity (Wildman–Crippen MR) is 87.4 cm³/mol. The molecule has 0 aromatic carbocycles. The molecule has 0 radical (unpaired) electrons. The quantitative estimate of drug-likeness (QED) is 0.341. The molecule has 0 saturated carbocycles. The Morgan fingerprint density at radius 2 is 1.79 bits per heavy atom. The first-order valence-electron chi connectivity index (χ1n) is 9.52. The SMILES string of the molecule is CC(=O)OCC1=CC2OC(=O)[C@@H]3[C@@H]4O[C@@H](O[C@@H]5O[C@H](CO)[C@@H](O)[C@H](O)[C@H]5O4)[C@H]1[C@H]23. The molecule has 2 bridgehead atoms. The summed E-state index contributed by atoms with van der Waals surface area (Å²) < 4.78 is 33.8. The van der Waals surface area contributed by atoms with Crippen LogP contribution in [-0.4, -0.2) is 89.9 Å². The van der Waals surface area contributed by atoms with Gasteiger partial charge in [-0.3, -0.25) is 9.59 Å². The Bertz CT molecular complexity index is 737. The minimum absolute atomic E-state index is 0.00156. The van der Waals surface area contributed by atoms with Gasteiger partial charge in [-0.15, -0.1) is 0 Å². The molecule has 11 nitrogen and oxygen atoms in total. The highest BCUT2D eigenvalue weighted by Crippen LogP contribution is 2.53. The molecule has 0 aromatic rings. The largest absolute Gasteiger partial charge is 0.461 e. The van der Waals surface area contributed by atoms with Gasteiger partial charge >= 0.3 is 11.9 Å². The average molecular weight is 414 g/mol. The number of esters is 2. The Hall–Kier alpha value is -1.60. The summed E-state index contributed by atoms with van der Waals surface area (Å²) in [4.78, 5) is 23.7. The summed E-state index contributed by atoms with van der Waals surface area (Å²) in [5.41, 5.74) is 0.699. The summed E-state index contributed by atoms with van der Waals surface area (Å²) in [5, 5.41) is 30.0. The van der Waals surface area contributed by atoms with E-state index < -0.39 is 79.8 Å². The van der Waals surface area contributed by atoms with Crippen molar-refractivity contribution in [1.82, 2.24) is 0 Å². The highest BCUT2D eigenvalue weighted by Gasteiger charge is 2.65. The molecule has 4 fully saturated rings. The third-order valence-electron chi connectivity index (χ3n) is 6.22. The Morgan fingerprint density at radius 3 is 2.52 bits per heavy atom. The van der Waals surface area contributed by atoms with E-state index in [-0.39, 0.29) is 12.5 Å². The minimum atomic E-state index is -1.42. The highest BCUT2D eigenvalue weighted by molar-refractivity contribution is 5.77. The Morgan fingerprint density at radius 1 is 1.07 bits per heavy atom. The zero-order chi connectivity index (χ0) is 20.4. The maximum Gasteiger partial charge on any atom is 0.315 e. The molecule has 5 rings (SSSR count). The van der Waals surface area contributed by atoms with Crippen molar-refractivity contribution < 1.29 is 53.3 Å². The van der Waals surface area contributed by atoms with E-state index in [1.165, 1.54) is 6.92 Å². The van der Waals surface area contributed by atoms with Crippen molar-refractivity contribution >= 4 is 11.9 Å². The van der Waals surface area contributed by atoms with Crippen molar-refractivity contribution in [2.45, 2.75) is 56.3 Å². The normalized spacial score (nSPS) is 50.1. The van der Waals surface area contributed by atoms with Gasteiger partial charge < -0.3 is 43.7 Å². The van der Waals surface area contributed by atoms with Crippen LogP contribution in [0.1, 0.15) is 6.92 Å². The third-order valence-corrected chi connectivity index (χ3v) is 6.22. The number of rotatable bonds is 3. The predicted octanol–water partition coefficient (Wildman–Crippen LogP) is -2.20. The number of aliphatic hydroxyl groups excluding tert-OH is 3. The Kier molecular flexibility index (Phi) is 4.66. The van der Waals surface area contributed by atoms with Crippen LogP contribution in [0.4, 0.5) is 0 Å². The van der Waals surface area contributed by atoms with Crippen LogP contribution < -0.4 is 0 Å². The van der Waals surface area contributed by atoms with E-state index in [2.05, 4.69) is 0 Å². The maximum absolute atomic E-state index is 12.5. The standard InChI is InChI=1S/C18H22O11/c1-5(20)24-4-6-2-7-10-9(6)16-28-17(11(10)15(23)25-7)27-14-13(22)12(21)8(3-19)26-18(14)29-16/h2,7-14,16-19,21-22H,3-4H2,1H3/t7?,8-,9-,10+,11-,12-,13+,14-,16+,17+,18+/m1/s1. The molecule has 0 aromatic heterocycles. The molecule has 4 heterocycles. The van der Waals surface area contributed by atoms with E-state index >= 15 is 0 Å². The zero-order valence-electron chi connectivity index (χ0n) is 15.5. The average Bonchev–Trinajstić information content (AvgIpc) is 3.14. The van der Waals surface area contributed by atoms with Crippen molar-refractivity contribution in [2.24, 2.45) is 17.8 Å². The Labute approximate surface area is 165 Å². The second-order valence-corrected chi connectivity index (χ2v) is 7.87. The van der Waals surface area contributed by atoms with Crippen molar-refractivity contribution in [1.29, 1.82) is 0 Å². The molecule has 5 aliphatic rings. The molecule has 11 heteroatoms. The molecule has 3 N–H and O–H groups in total. The second-order valence-electron chi connectivity index (χ2n) is 7.87. The van der Waals surface area contributed by atoms with Gasteiger partial charge in [-0.25, -0.2) is 0 Å². The summed E-state index contributed by atoms with van der Waals surface area (Å²) in [6.45, 7) is 0.771. The molecule has 0 amide bonds. The lowest BCUT2D eigenvalue weighted by molar-refractivity contribution is -0.318. The number of hydrogen-bond donors (Lipinski definition) is 3. The second kappa shape index (κ2) is 6.98. The molecule has 29 heavy (non-hydrogen) atoms. The number of hydrogen-bond acceptors (Lipinski definition) is 11. The van der Waals surface area contributed by atoms with E-state index in [9.17, 15) is 24.9 Å². The fourth-order valence-corrected chi connectivity index (χ4v) is 4.91. The van der Waals surface area contributed by atoms with Crippen molar-refractivity contribution in [2.75, 3.05) is 13.2 Å². The molecular weight excluding hydrogens is 392 g/mol. The van der Waals surface area contributed by atoms with E-state index in [4.69, 9.17) is 28.4 Å². The van der Waals surface area contributed by atoms with Crippen LogP contribution in [0.2, 0.25) is 0 Å². The van der Waals surface area contributed by atoms with Gasteiger partial charge in [0.05, 0.1) is 6.61 Å². The zero-order valence-corrected chi connectivity index (χ0v) is 15.5. The molecule has 1 aliphatic carbocycles. The molecular formula is C18H22O11. The first-order chi connectivity index (χ1) is 13.9. The number of carbonyl (C=O) groups excluding carboxylic acids is 2. The lowest BCUT2D eigenvalue weighted by Gasteiger charge is -2.41. The van der Waals surface area contributed by atoms with Crippen LogP contribution in [0.15, 0.2) is 11.6 Å². The van der Waals surface area contributed by atoms with Crippen LogP contribution in [0.25, 0.3) is 0 Å². The summed E-state index contributed by atoms with van der Waals surface area (Å²) in [7, 11) is 0. The highest BCUT2D eigenvalue weighted by atomic mass is 16.8. The molecule has 160 valence electrons. The van der Waals surface area contributed by atoms with Gasteiger partial charge in [0.15, 0.2) is 18.9 Å². The van der Waals surface area contributed by atoms with E-state index in [1.807, 2.05) is 0 Å². The monoisotopic (exact) mass is 414 g/mol. The van der Waals surface area contributed by atoms with Crippen LogP contribution in [-0.2, 0) is 38.0 Å². The first kappa shape index (κ1) is 19.4. The summed E-state index contributed by atoms with van der Waals surface area (Å²) >= 11 is 0. The van der Waals surface area contributed by atoms with Crippen molar-refractivity contribution in [3.8, 4) is 0 Å². The van der Waals surface area contributed by atoms with E-state index in [1.54, 1.807) is 6.08 Å². The van der Waals surface area contributed by atoms with Gasteiger partial charge in [-0.1, -0.05) is 0 Å². The number of ether oxygens (including phenoxy) is 6. The van der Waals surface area contributed by atoms with Crippen molar-refractivity contribution in [3.05, 3.63) is 11.6 Å². The van der Waals surface area contributed by atoms with Crippen molar-refractivity contribution in [3.63, 3.8) is 0 Å². The number of fused-ring (bicyclic) bond motifs is 5. The lowest BCUT2D eigenvalue weighted by atomic mass is 9.79. The van der Waals surface area contributed by atoms with Gasteiger partial charge in [0.25, 0.3) is 0 Å². The number of aliphatic hydroxyl groups is 3. The molecule has 0 spiro atoms. The van der Waals surface area contributed by atoms with Gasteiger partial charge in [0, 0.05) is 18.8 Å². The fraction of sp³-hybridized carbons (Fsp3) is 0.778. The summed E-state index contributed by atoms with van der Waals surface area (Å²) in [6.07, 6.45) is -6.91. The summed E-state index contributed by atoms with van der Waals surface area (Å²) in [6, 6.07) is 0. The van der Waals surface area contributed by atoms with Crippen LogP contribution in [0.5, 0.6) is 0 Å². The van der Waals surface area contributed by atoms with Crippen LogP contribution >= 0.6 is 0 Å². The van der Waals surface area contributed by atoms with E-state index in [0.717, 1.165) is 0 Å². The molecule has 4 aliphatic heterocycles.